The number of hydrogen-bond acceptors (Lipinski definition) is 3. The minimum atomic E-state index is -0.0173. The third-order valence-corrected chi connectivity index (χ3v) is 5.51. The van der Waals surface area contributed by atoms with Crippen molar-refractivity contribution in [3.63, 3.8) is 0 Å². The van der Waals surface area contributed by atoms with Gasteiger partial charge in [0.25, 0.3) is 0 Å². The number of pyridine rings is 1. The van der Waals surface area contributed by atoms with Crippen LogP contribution in [0.4, 0.5) is 0 Å². The number of aromatic hydroxyl groups is 1. The lowest BCUT2D eigenvalue weighted by molar-refractivity contribution is 0.304. The van der Waals surface area contributed by atoms with Crippen molar-refractivity contribution in [1.29, 1.82) is 0 Å². The minimum absolute atomic E-state index is 0.0173. The van der Waals surface area contributed by atoms with E-state index in [9.17, 15) is 5.11 Å². The maximum absolute atomic E-state index is 9.65. The van der Waals surface area contributed by atoms with Crippen LogP contribution in [0.5, 0.6) is 5.75 Å². The van der Waals surface area contributed by atoms with Crippen molar-refractivity contribution in [2.45, 2.75) is 31.8 Å². The van der Waals surface area contributed by atoms with Crippen molar-refractivity contribution < 1.29 is 5.11 Å². The molecule has 0 aliphatic carbocycles. The first kappa shape index (κ1) is 18.5. The van der Waals surface area contributed by atoms with E-state index < -0.39 is 0 Å². The predicted octanol–water partition coefficient (Wildman–Crippen LogP) is 4.35. The maximum atomic E-state index is 9.65. The summed E-state index contributed by atoms with van der Waals surface area (Å²) in [6, 6.07) is 17.5. The van der Waals surface area contributed by atoms with E-state index in [0.29, 0.717) is 0 Å². The molecule has 0 amide bonds. The lowest BCUT2D eigenvalue weighted by atomic mass is 10.0. The van der Waals surface area contributed by atoms with Gasteiger partial charge in [-0.05, 0) is 67.2 Å². The molecule has 1 aliphatic rings. The fourth-order valence-electron chi connectivity index (χ4n) is 3.78. The first-order chi connectivity index (χ1) is 13.7. The highest BCUT2D eigenvalue weighted by atomic mass is 32.1. The van der Waals surface area contributed by atoms with Gasteiger partial charge < -0.3 is 19.9 Å². The largest absolute Gasteiger partial charge is 0.508 e. The number of rotatable bonds is 6. The van der Waals surface area contributed by atoms with Crippen LogP contribution < -0.4 is 5.32 Å². The zero-order chi connectivity index (χ0) is 19.5. The molecule has 6 heteroatoms. The number of nitrogens with zero attached hydrogens (tertiary/aromatic N) is 3. The smallest absolute Gasteiger partial charge is 0.170 e. The Bertz CT molecular complexity index is 939. The third kappa shape index (κ3) is 3.47. The van der Waals surface area contributed by atoms with Crippen LogP contribution in [0.3, 0.4) is 0 Å². The Morgan fingerprint density at radius 3 is 2.64 bits per heavy atom. The number of nitrogens with one attached hydrogen (secondary N) is 1. The highest BCUT2D eigenvalue weighted by Gasteiger charge is 2.40. The van der Waals surface area contributed by atoms with E-state index >= 15 is 0 Å². The monoisotopic (exact) mass is 392 g/mol. The average Bonchev–Trinajstić information content (AvgIpc) is 3.32. The number of phenolic OH excluding ortho intramolecular Hbond substituents is 1. The Morgan fingerprint density at radius 2 is 1.93 bits per heavy atom. The van der Waals surface area contributed by atoms with Crippen molar-refractivity contribution in [3.05, 3.63) is 78.4 Å². The van der Waals surface area contributed by atoms with E-state index in [1.54, 1.807) is 12.1 Å². The molecule has 5 nitrogen and oxygen atoms in total. The molecule has 2 aromatic heterocycles. The van der Waals surface area contributed by atoms with Crippen LogP contribution in [0.2, 0.25) is 0 Å². The molecule has 0 saturated carbocycles. The number of thiocarbonyl (C=S) groups is 1. The summed E-state index contributed by atoms with van der Waals surface area (Å²) in [4.78, 5) is 6.88. The molecule has 0 bridgehead atoms. The number of hydrogen-bond donors (Lipinski definition) is 2. The molecule has 1 fully saturated rings. The number of benzene rings is 1. The van der Waals surface area contributed by atoms with E-state index in [-0.39, 0.29) is 17.8 Å². The van der Waals surface area contributed by atoms with Gasteiger partial charge >= 0.3 is 0 Å². The van der Waals surface area contributed by atoms with Gasteiger partial charge in [0.1, 0.15) is 5.75 Å². The molecule has 144 valence electrons. The van der Waals surface area contributed by atoms with Crippen molar-refractivity contribution >= 4 is 17.3 Å². The second-order valence-electron chi connectivity index (χ2n) is 6.99. The molecule has 2 N–H and O–H groups in total. The highest BCUT2D eigenvalue weighted by molar-refractivity contribution is 7.80. The van der Waals surface area contributed by atoms with E-state index in [1.807, 2.05) is 36.5 Å². The summed E-state index contributed by atoms with van der Waals surface area (Å²) >= 11 is 5.70. The van der Waals surface area contributed by atoms with Crippen LogP contribution in [0.15, 0.2) is 67.0 Å². The SMILES string of the molecule is CCCCN1C(=S)N[C@@H](c2ccccn2)[C@H]1c1cccn1-c1ccc(O)cc1. The van der Waals surface area contributed by atoms with Gasteiger partial charge in [0, 0.05) is 30.3 Å². The Hall–Kier alpha value is -2.86. The van der Waals surface area contributed by atoms with Crippen molar-refractivity contribution in [1.82, 2.24) is 19.8 Å². The molecule has 1 aliphatic heterocycles. The number of unbranched alkanes of at least 4 members (excludes halogenated alkanes) is 1. The lowest BCUT2D eigenvalue weighted by Crippen LogP contribution is -2.31. The van der Waals surface area contributed by atoms with Gasteiger partial charge in [-0.25, -0.2) is 0 Å². The van der Waals surface area contributed by atoms with Crippen LogP contribution in [-0.2, 0) is 0 Å². The normalized spacial score (nSPS) is 19.0. The highest BCUT2D eigenvalue weighted by Crippen LogP contribution is 2.39. The summed E-state index contributed by atoms with van der Waals surface area (Å²) in [5.74, 6) is 0.261. The summed E-state index contributed by atoms with van der Waals surface area (Å²) in [7, 11) is 0. The number of aromatic nitrogens is 2. The minimum Gasteiger partial charge on any atom is -0.508 e. The second-order valence-corrected chi connectivity index (χ2v) is 7.38. The molecule has 3 heterocycles. The van der Waals surface area contributed by atoms with Gasteiger partial charge in [-0.2, -0.15) is 0 Å². The van der Waals surface area contributed by atoms with E-state index in [1.165, 1.54) is 0 Å². The topological polar surface area (TPSA) is 53.3 Å². The Balaban J connectivity index is 1.78. The molecule has 3 aromatic rings. The van der Waals surface area contributed by atoms with Gasteiger partial charge in [0.15, 0.2) is 5.11 Å². The van der Waals surface area contributed by atoms with Crippen LogP contribution in [-0.4, -0.2) is 31.2 Å². The van der Waals surface area contributed by atoms with Crippen LogP contribution >= 0.6 is 12.2 Å². The third-order valence-electron chi connectivity index (χ3n) is 5.16. The maximum Gasteiger partial charge on any atom is 0.170 e. The van der Waals surface area contributed by atoms with Crippen molar-refractivity contribution in [3.8, 4) is 11.4 Å². The van der Waals surface area contributed by atoms with E-state index in [2.05, 4.69) is 45.0 Å². The zero-order valence-corrected chi connectivity index (χ0v) is 16.6. The summed E-state index contributed by atoms with van der Waals surface area (Å²) in [6.07, 6.45) is 6.06. The first-order valence-electron chi connectivity index (χ1n) is 9.63. The summed E-state index contributed by atoms with van der Waals surface area (Å²) in [5.41, 5.74) is 3.13. The molecule has 4 rings (SSSR count). The fraction of sp³-hybridized carbons (Fsp3) is 0.273. The molecule has 28 heavy (non-hydrogen) atoms. The van der Waals surface area contributed by atoms with Crippen molar-refractivity contribution in [2.24, 2.45) is 0 Å². The Labute approximate surface area is 170 Å². The average molecular weight is 393 g/mol. The number of phenols is 1. The van der Waals surface area contributed by atoms with Gasteiger partial charge in [0.2, 0.25) is 0 Å². The Morgan fingerprint density at radius 1 is 1.11 bits per heavy atom. The molecule has 0 spiro atoms. The van der Waals surface area contributed by atoms with Gasteiger partial charge in [-0.1, -0.05) is 19.4 Å². The molecule has 1 saturated heterocycles. The van der Waals surface area contributed by atoms with E-state index in [4.69, 9.17) is 12.2 Å². The summed E-state index contributed by atoms with van der Waals surface area (Å²) in [6.45, 7) is 3.09. The van der Waals surface area contributed by atoms with Crippen molar-refractivity contribution in [2.75, 3.05) is 6.54 Å². The standard InChI is InChI=1S/C22H24N4OS/c1-2-3-14-26-21(20(24-22(26)28)18-7-4-5-13-23-18)19-8-6-15-25(19)16-9-11-17(27)12-10-16/h4-13,15,20-21,27H,2-3,14H2,1H3,(H,24,28)/t20-,21+/m0/s1. The molecule has 2 atom stereocenters. The van der Waals surface area contributed by atoms with Gasteiger partial charge in [-0.15, -0.1) is 0 Å². The second kappa shape index (κ2) is 8.02. The molecule has 1 aromatic carbocycles. The van der Waals surface area contributed by atoms with Gasteiger partial charge in [0.05, 0.1) is 17.8 Å². The quantitative estimate of drug-likeness (QED) is 0.611. The Kier molecular flexibility index (Phi) is 5.30. The van der Waals surface area contributed by atoms with Crippen LogP contribution in [0.1, 0.15) is 43.2 Å². The van der Waals surface area contributed by atoms with Crippen LogP contribution in [0.25, 0.3) is 5.69 Å². The molecule has 0 radical (unpaired) electrons. The van der Waals surface area contributed by atoms with Crippen LogP contribution in [0, 0.1) is 0 Å². The molecule has 0 unspecified atom stereocenters. The molecular formula is C22H24N4OS. The van der Waals surface area contributed by atoms with Gasteiger partial charge in [-0.3, -0.25) is 4.98 Å². The summed E-state index contributed by atoms with van der Waals surface area (Å²) < 4.78 is 2.16. The fourth-order valence-corrected chi connectivity index (χ4v) is 4.11. The van der Waals surface area contributed by atoms with E-state index in [0.717, 1.165) is 41.6 Å². The molecular weight excluding hydrogens is 368 g/mol. The lowest BCUT2D eigenvalue weighted by Gasteiger charge is -2.29. The predicted molar refractivity (Wildman–Crippen MR) is 115 cm³/mol. The zero-order valence-electron chi connectivity index (χ0n) is 15.8. The first-order valence-corrected chi connectivity index (χ1v) is 10.0. The summed E-state index contributed by atoms with van der Waals surface area (Å²) in [5, 5.41) is 13.9.